The van der Waals surface area contributed by atoms with Crippen molar-refractivity contribution in [3.8, 4) is 11.1 Å². The summed E-state index contributed by atoms with van der Waals surface area (Å²) < 4.78 is 0. The summed E-state index contributed by atoms with van der Waals surface area (Å²) in [6.45, 7) is 2.37. The zero-order chi connectivity index (χ0) is 13.8. The molecule has 0 bridgehead atoms. The summed E-state index contributed by atoms with van der Waals surface area (Å²) in [5, 5.41) is 3.69. The Morgan fingerprint density at radius 2 is 1.55 bits per heavy atom. The van der Waals surface area contributed by atoms with E-state index in [1.54, 1.807) is 0 Å². The monoisotopic (exact) mass is 265 g/mol. The molecule has 0 aromatic heterocycles. The van der Waals surface area contributed by atoms with Gasteiger partial charge in [-0.25, -0.2) is 0 Å². The molecule has 1 nitrogen and oxygen atoms in total. The standard InChI is InChI=1S/C19H23N/c1-15-6-5-9-19(14-15)20-18-12-10-17(11-13-18)16-7-3-2-4-8-16/h2-4,7-8,10-13,15,19-20H,5-6,9,14H2,1H3. The fraction of sp³-hybridized carbons (Fsp3) is 0.368. The number of hydrogen-bond acceptors (Lipinski definition) is 1. The number of hydrogen-bond donors (Lipinski definition) is 1. The van der Waals surface area contributed by atoms with Crippen LogP contribution in [0, 0.1) is 5.92 Å². The van der Waals surface area contributed by atoms with Gasteiger partial charge in [-0.2, -0.15) is 0 Å². The molecule has 0 amide bonds. The van der Waals surface area contributed by atoms with Crippen LogP contribution in [-0.4, -0.2) is 6.04 Å². The van der Waals surface area contributed by atoms with Crippen molar-refractivity contribution in [2.45, 2.75) is 38.6 Å². The second kappa shape index (κ2) is 6.13. The molecule has 1 N–H and O–H groups in total. The molecule has 1 aliphatic carbocycles. The molecule has 1 fully saturated rings. The van der Waals surface area contributed by atoms with Gasteiger partial charge in [-0.15, -0.1) is 0 Å². The fourth-order valence-corrected chi connectivity index (χ4v) is 3.19. The average molecular weight is 265 g/mol. The number of anilines is 1. The van der Waals surface area contributed by atoms with Crippen molar-refractivity contribution in [3.05, 3.63) is 54.6 Å². The molecule has 2 aromatic carbocycles. The van der Waals surface area contributed by atoms with E-state index in [-0.39, 0.29) is 0 Å². The Balaban J connectivity index is 1.67. The summed E-state index contributed by atoms with van der Waals surface area (Å²) >= 11 is 0. The average Bonchev–Trinajstić information content (AvgIpc) is 2.49. The first-order chi connectivity index (χ1) is 9.81. The van der Waals surface area contributed by atoms with Crippen molar-refractivity contribution < 1.29 is 0 Å². The molecule has 1 saturated carbocycles. The molecular weight excluding hydrogens is 242 g/mol. The lowest BCUT2D eigenvalue weighted by molar-refractivity contribution is 0.358. The molecule has 0 heterocycles. The van der Waals surface area contributed by atoms with Crippen molar-refractivity contribution in [2.24, 2.45) is 5.92 Å². The fourth-order valence-electron chi connectivity index (χ4n) is 3.19. The van der Waals surface area contributed by atoms with E-state index in [0.29, 0.717) is 6.04 Å². The highest BCUT2D eigenvalue weighted by Gasteiger charge is 2.18. The molecule has 0 radical (unpaired) electrons. The molecular formula is C19H23N. The number of rotatable bonds is 3. The van der Waals surface area contributed by atoms with Crippen molar-refractivity contribution in [1.82, 2.24) is 0 Å². The number of benzene rings is 2. The van der Waals surface area contributed by atoms with Gasteiger partial charge < -0.3 is 5.32 Å². The molecule has 1 heteroatoms. The Labute approximate surface area is 122 Å². The number of nitrogens with one attached hydrogen (secondary N) is 1. The van der Waals surface area contributed by atoms with E-state index in [1.165, 1.54) is 42.5 Å². The molecule has 104 valence electrons. The van der Waals surface area contributed by atoms with Crippen LogP contribution >= 0.6 is 0 Å². The first-order valence-corrected chi connectivity index (χ1v) is 7.73. The summed E-state index contributed by atoms with van der Waals surface area (Å²) in [6, 6.07) is 20.0. The maximum Gasteiger partial charge on any atom is 0.0342 e. The van der Waals surface area contributed by atoms with Crippen molar-refractivity contribution in [2.75, 3.05) is 5.32 Å². The van der Waals surface area contributed by atoms with Gasteiger partial charge in [-0.3, -0.25) is 0 Å². The van der Waals surface area contributed by atoms with Gasteiger partial charge in [-0.1, -0.05) is 62.2 Å². The molecule has 2 aromatic rings. The molecule has 1 aliphatic rings. The predicted molar refractivity (Wildman–Crippen MR) is 86.9 cm³/mol. The van der Waals surface area contributed by atoms with E-state index in [0.717, 1.165) is 5.92 Å². The zero-order valence-corrected chi connectivity index (χ0v) is 12.2. The predicted octanol–water partition coefficient (Wildman–Crippen LogP) is 5.34. The van der Waals surface area contributed by atoms with Gasteiger partial charge in [0.1, 0.15) is 0 Å². The Hall–Kier alpha value is -1.76. The third-order valence-electron chi connectivity index (χ3n) is 4.30. The summed E-state index contributed by atoms with van der Waals surface area (Å²) in [5.41, 5.74) is 3.82. The highest BCUT2D eigenvalue weighted by Crippen LogP contribution is 2.27. The maximum absolute atomic E-state index is 3.69. The first kappa shape index (κ1) is 13.2. The van der Waals surface area contributed by atoms with Crippen LogP contribution in [0.4, 0.5) is 5.69 Å². The summed E-state index contributed by atoms with van der Waals surface area (Å²) in [4.78, 5) is 0. The molecule has 3 rings (SSSR count). The topological polar surface area (TPSA) is 12.0 Å². The van der Waals surface area contributed by atoms with E-state index in [9.17, 15) is 0 Å². The maximum atomic E-state index is 3.69. The Morgan fingerprint density at radius 3 is 2.25 bits per heavy atom. The van der Waals surface area contributed by atoms with Crippen LogP contribution < -0.4 is 5.32 Å². The minimum absolute atomic E-state index is 0.654. The van der Waals surface area contributed by atoms with Gasteiger partial charge in [0.2, 0.25) is 0 Å². The van der Waals surface area contributed by atoms with Crippen LogP contribution in [0.2, 0.25) is 0 Å². The van der Waals surface area contributed by atoms with Crippen LogP contribution in [0.5, 0.6) is 0 Å². The van der Waals surface area contributed by atoms with Crippen molar-refractivity contribution in [3.63, 3.8) is 0 Å². The SMILES string of the molecule is CC1CCCC(Nc2ccc(-c3ccccc3)cc2)C1. The van der Waals surface area contributed by atoms with Gasteiger partial charge in [-0.05, 0) is 42.0 Å². The van der Waals surface area contributed by atoms with Gasteiger partial charge in [0.15, 0.2) is 0 Å². The van der Waals surface area contributed by atoms with Gasteiger partial charge >= 0.3 is 0 Å². The molecule has 0 saturated heterocycles. The first-order valence-electron chi connectivity index (χ1n) is 7.73. The lowest BCUT2D eigenvalue weighted by Gasteiger charge is -2.28. The minimum atomic E-state index is 0.654. The van der Waals surface area contributed by atoms with Crippen LogP contribution in [-0.2, 0) is 0 Å². The molecule has 2 unspecified atom stereocenters. The molecule has 20 heavy (non-hydrogen) atoms. The minimum Gasteiger partial charge on any atom is -0.382 e. The van der Waals surface area contributed by atoms with Crippen LogP contribution in [0.1, 0.15) is 32.6 Å². The third-order valence-corrected chi connectivity index (χ3v) is 4.30. The van der Waals surface area contributed by atoms with E-state index in [1.807, 2.05) is 0 Å². The van der Waals surface area contributed by atoms with Crippen LogP contribution in [0.15, 0.2) is 54.6 Å². The Morgan fingerprint density at radius 1 is 0.850 bits per heavy atom. The highest BCUT2D eigenvalue weighted by molar-refractivity contribution is 5.65. The van der Waals surface area contributed by atoms with Crippen LogP contribution in [0.3, 0.4) is 0 Å². The van der Waals surface area contributed by atoms with Crippen molar-refractivity contribution in [1.29, 1.82) is 0 Å². The van der Waals surface area contributed by atoms with Gasteiger partial charge in [0.25, 0.3) is 0 Å². The van der Waals surface area contributed by atoms with Gasteiger partial charge in [0, 0.05) is 11.7 Å². The lowest BCUT2D eigenvalue weighted by atomic mass is 9.87. The molecule has 0 aliphatic heterocycles. The quantitative estimate of drug-likeness (QED) is 0.789. The normalized spacial score (nSPS) is 22.4. The highest BCUT2D eigenvalue weighted by atomic mass is 14.9. The largest absolute Gasteiger partial charge is 0.382 e. The third kappa shape index (κ3) is 3.22. The summed E-state index contributed by atoms with van der Waals surface area (Å²) in [5.74, 6) is 0.866. The smallest absolute Gasteiger partial charge is 0.0342 e. The second-order valence-corrected chi connectivity index (χ2v) is 6.06. The van der Waals surface area contributed by atoms with Crippen molar-refractivity contribution >= 4 is 5.69 Å². The molecule has 0 spiro atoms. The Bertz CT molecular complexity index is 529. The lowest BCUT2D eigenvalue weighted by Crippen LogP contribution is -2.26. The van der Waals surface area contributed by atoms with E-state index in [2.05, 4.69) is 66.8 Å². The van der Waals surface area contributed by atoms with Crippen LogP contribution in [0.25, 0.3) is 11.1 Å². The second-order valence-electron chi connectivity index (χ2n) is 6.06. The van der Waals surface area contributed by atoms with E-state index >= 15 is 0 Å². The summed E-state index contributed by atoms with van der Waals surface area (Å²) in [7, 11) is 0. The summed E-state index contributed by atoms with van der Waals surface area (Å²) in [6.07, 6.45) is 5.37. The van der Waals surface area contributed by atoms with E-state index < -0.39 is 0 Å². The van der Waals surface area contributed by atoms with Gasteiger partial charge in [0.05, 0.1) is 0 Å². The zero-order valence-electron chi connectivity index (χ0n) is 12.2. The molecule has 2 atom stereocenters. The van der Waals surface area contributed by atoms with E-state index in [4.69, 9.17) is 0 Å². The Kier molecular flexibility index (Phi) is 4.05.